The van der Waals surface area contributed by atoms with Crippen molar-refractivity contribution in [3.63, 3.8) is 0 Å². The highest BCUT2D eigenvalue weighted by atomic mass is 79.9. The summed E-state index contributed by atoms with van der Waals surface area (Å²) in [5.74, 6) is -0.363. The molecule has 11 heteroatoms. The number of carbonyl (C=O) groups excluding carboxylic acids is 2. The van der Waals surface area contributed by atoms with Crippen LogP contribution in [-0.2, 0) is 9.53 Å². The monoisotopic (exact) mass is 524 g/mol. The average molecular weight is 526 g/mol. The Labute approximate surface area is 195 Å². The predicted molar refractivity (Wildman–Crippen MR) is 123 cm³/mol. The van der Waals surface area contributed by atoms with Crippen molar-refractivity contribution in [1.82, 2.24) is 15.2 Å². The topological polar surface area (TPSA) is 117 Å². The Kier molecular flexibility index (Phi) is 7.94. The van der Waals surface area contributed by atoms with Gasteiger partial charge in [0, 0.05) is 10.2 Å². The molecule has 0 aliphatic heterocycles. The molecule has 3 N–H and O–H groups in total. The van der Waals surface area contributed by atoms with Crippen molar-refractivity contribution in [1.29, 1.82) is 0 Å². The lowest BCUT2D eigenvalue weighted by molar-refractivity contribution is -0.113. The molecule has 0 saturated heterocycles. The lowest BCUT2D eigenvalue weighted by atomic mass is 10.2. The second-order valence-corrected chi connectivity index (χ2v) is 8.56. The van der Waals surface area contributed by atoms with Gasteiger partial charge in [0.25, 0.3) is 0 Å². The first kappa shape index (κ1) is 23.1. The highest BCUT2D eigenvalue weighted by Gasteiger charge is 2.15. The minimum Gasteiger partial charge on any atom is -0.507 e. The number of hydrogen-bond acceptors (Lipinski definition) is 7. The van der Waals surface area contributed by atoms with Gasteiger partial charge < -0.3 is 15.2 Å². The van der Waals surface area contributed by atoms with Crippen molar-refractivity contribution in [3.05, 3.63) is 51.5 Å². The largest absolute Gasteiger partial charge is 0.507 e. The molecule has 3 rings (SSSR count). The van der Waals surface area contributed by atoms with Gasteiger partial charge in [0.05, 0.1) is 28.5 Å². The van der Waals surface area contributed by atoms with Gasteiger partial charge in [-0.1, -0.05) is 46.2 Å². The SMILES string of the molecule is CCCOC(=O)c1cc(NC(=O)CSc2n[nH]c(-c3cc(Br)ccc3O)n2)ccc1Cl. The standard InChI is InChI=1S/C20H18BrClN4O4S/c1-2-7-30-19(29)13-9-12(4-5-15(13)22)23-17(28)10-31-20-24-18(25-26-20)14-8-11(21)3-6-16(14)27/h3-6,8-9,27H,2,7,10H2,1H3,(H,23,28)(H,24,25,26). The Balaban J connectivity index is 1.60. The summed E-state index contributed by atoms with van der Waals surface area (Å²) in [4.78, 5) is 28.7. The number of halogens is 2. The van der Waals surface area contributed by atoms with Crippen molar-refractivity contribution in [3.8, 4) is 17.1 Å². The van der Waals surface area contributed by atoms with E-state index in [9.17, 15) is 14.7 Å². The second kappa shape index (κ2) is 10.7. The Morgan fingerprint density at radius 3 is 2.87 bits per heavy atom. The summed E-state index contributed by atoms with van der Waals surface area (Å²) >= 11 is 10.5. The number of anilines is 1. The maximum atomic E-state index is 12.3. The molecule has 2 aromatic carbocycles. The molecule has 1 amide bonds. The number of phenols is 1. The number of ether oxygens (including phenoxy) is 1. The van der Waals surface area contributed by atoms with Crippen LogP contribution in [0.25, 0.3) is 11.4 Å². The fraction of sp³-hybridized carbons (Fsp3) is 0.200. The van der Waals surface area contributed by atoms with Crippen LogP contribution in [0.3, 0.4) is 0 Å². The van der Waals surface area contributed by atoms with Crippen LogP contribution in [0.1, 0.15) is 23.7 Å². The number of nitrogens with zero attached hydrogens (tertiary/aromatic N) is 2. The third-order valence-electron chi connectivity index (χ3n) is 3.92. The number of phenolic OH excluding ortho intramolecular Hbond substituents is 1. The number of aromatic hydroxyl groups is 1. The zero-order chi connectivity index (χ0) is 22.4. The third kappa shape index (κ3) is 6.22. The van der Waals surface area contributed by atoms with Gasteiger partial charge in [-0.15, -0.1) is 5.10 Å². The molecular formula is C20H18BrClN4O4S. The van der Waals surface area contributed by atoms with E-state index in [1.165, 1.54) is 12.1 Å². The van der Waals surface area contributed by atoms with E-state index in [0.717, 1.165) is 16.2 Å². The van der Waals surface area contributed by atoms with Crippen LogP contribution in [-0.4, -0.2) is 44.5 Å². The molecule has 0 saturated carbocycles. The Bertz CT molecular complexity index is 1110. The van der Waals surface area contributed by atoms with Crippen LogP contribution >= 0.6 is 39.3 Å². The van der Waals surface area contributed by atoms with Crippen LogP contribution in [0, 0.1) is 0 Å². The van der Waals surface area contributed by atoms with E-state index in [1.54, 1.807) is 24.3 Å². The summed E-state index contributed by atoms with van der Waals surface area (Å²) in [5, 5.41) is 20.1. The van der Waals surface area contributed by atoms with Crippen LogP contribution in [0.2, 0.25) is 5.02 Å². The van der Waals surface area contributed by atoms with E-state index >= 15 is 0 Å². The molecule has 0 fully saturated rings. The summed E-state index contributed by atoms with van der Waals surface area (Å²) in [6.45, 7) is 2.18. The van der Waals surface area contributed by atoms with Gasteiger partial charge in [-0.05, 0) is 42.8 Å². The minimum absolute atomic E-state index is 0.0417. The van der Waals surface area contributed by atoms with Crippen molar-refractivity contribution in [2.24, 2.45) is 0 Å². The molecule has 1 aromatic heterocycles. The first-order valence-electron chi connectivity index (χ1n) is 9.18. The highest BCUT2D eigenvalue weighted by molar-refractivity contribution is 9.10. The number of benzene rings is 2. The van der Waals surface area contributed by atoms with Crippen LogP contribution < -0.4 is 5.32 Å². The maximum absolute atomic E-state index is 12.3. The van der Waals surface area contributed by atoms with E-state index in [0.29, 0.717) is 35.3 Å². The van der Waals surface area contributed by atoms with Crippen molar-refractivity contribution in [2.45, 2.75) is 18.5 Å². The second-order valence-electron chi connectivity index (χ2n) is 6.30. The highest BCUT2D eigenvalue weighted by Crippen LogP contribution is 2.30. The summed E-state index contributed by atoms with van der Waals surface area (Å²) in [7, 11) is 0. The first-order chi connectivity index (χ1) is 14.9. The molecule has 0 spiro atoms. The van der Waals surface area contributed by atoms with Gasteiger partial charge in [0.15, 0.2) is 5.82 Å². The quantitative estimate of drug-likeness (QED) is 0.283. The van der Waals surface area contributed by atoms with Gasteiger partial charge in [-0.2, -0.15) is 0 Å². The van der Waals surface area contributed by atoms with Gasteiger partial charge in [0.1, 0.15) is 5.75 Å². The first-order valence-corrected chi connectivity index (χ1v) is 11.3. The lowest BCUT2D eigenvalue weighted by Gasteiger charge is -2.09. The average Bonchev–Trinajstić information content (AvgIpc) is 3.22. The van der Waals surface area contributed by atoms with Gasteiger partial charge >= 0.3 is 5.97 Å². The molecular weight excluding hydrogens is 508 g/mol. The summed E-state index contributed by atoms with van der Waals surface area (Å²) in [5.41, 5.74) is 1.10. The molecule has 162 valence electrons. The number of carbonyl (C=O) groups is 2. The Morgan fingerprint density at radius 2 is 2.10 bits per heavy atom. The summed E-state index contributed by atoms with van der Waals surface area (Å²) < 4.78 is 5.88. The molecule has 1 heterocycles. The number of esters is 1. The van der Waals surface area contributed by atoms with Crippen molar-refractivity contribution < 1.29 is 19.4 Å². The Morgan fingerprint density at radius 1 is 1.29 bits per heavy atom. The molecule has 3 aromatic rings. The zero-order valence-corrected chi connectivity index (χ0v) is 19.5. The number of aromatic amines is 1. The molecule has 0 radical (unpaired) electrons. The molecule has 0 aliphatic carbocycles. The fourth-order valence-corrected chi connectivity index (χ4v) is 3.64. The summed E-state index contributed by atoms with van der Waals surface area (Å²) in [6, 6.07) is 9.56. The number of thioether (sulfide) groups is 1. The molecule has 0 aliphatic rings. The number of rotatable bonds is 8. The minimum atomic E-state index is -0.540. The van der Waals surface area contributed by atoms with Gasteiger partial charge in [-0.25, -0.2) is 9.78 Å². The molecule has 0 atom stereocenters. The Hall–Kier alpha value is -2.56. The van der Waals surface area contributed by atoms with Gasteiger partial charge in [0.2, 0.25) is 11.1 Å². The van der Waals surface area contributed by atoms with Crippen LogP contribution in [0.15, 0.2) is 46.0 Å². The molecule has 31 heavy (non-hydrogen) atoms. The lowest BCUT2D eigenvalue weighted by Crippen LogP contribution is -2.15. The summed E-state index contributed by atoms with van der Waals surface area (Å²) in [6.07, 6.45) is 0.696. The smallest absolute Gasteiger partial charge is 0.339 e. The van der Waals surface area contributed by atoms with Gasteiger partial charge in [-0.3, -0.25) is 9.89 Å². The fourth-order valence-electron chi connectivity index (χ4n) is 2.49. The van der Waals surface area contributed by atoms with Crippen LogP contribution in [0.4, 0.5) is 5.69 Å². The number of hydrogen-bond donors (Lipinski definition) is 3. The van der Waals surface area contributed by atoms with E-state index in [-0.39, 0.29) is 28.0 Å². The number of aromatic nitrogens is 3. The number of H-pyrrole nitrogens is 1. The number of nitrogens with one attached hydrogen (secondary N) is 2. The van der Waals surface area contributed by atoms with E-state index < -0.39 is 5.97 Å². The third-order valence-corrected chi connectivity index (χ3v) is 5.59. The molecule has 8 nitrogen and oxygen atoms in total. The predicted octanol–water partition coefficient (Wildman–Crippen LogP) is 4.89. The van der Waals surface area contributed by atoms with E-state index in [2.05, 4.69) is 36.4 Å². The molecule has 0 bridgehead atoms. The molecule has 0 unspecified atom stereocenters. The van der Waals surface area contributed by atoms with Crippen LogP contribution in [0.5, 0.6) is 5.75 Å². The normalized spacial score (nSPS) is 10.7. The maximum Gasteiger partial charge on any atom is 0.339 e. The van der Waals surface area contributed by atoms with Crippen molar-refractivity contribution >= 4 is 56.9 Å². The van der Waals surface area contributed by atoms with Crippen molar-refractivity contribution in [2.75, 3.05) is 17.7 Å². The zero-order valence-electron chi connectivity index (χ0n) is 16.3. The van der Waals surface area contributed by atoms with E-state index in [1.807, 2.05) is 6.92 Å². The van der Waals surface area contributed by atoms with E-state index in [4.69, 9.17) is 16.3 Å². The number of amides is 1.